The fraction of sp³-hybridized carbons (Fsp3) is 0.364. The highest BCUT2D eigenvalue weighted by molar-refractivity contribution is 7.18. The zero-order chi connectivity index (χ0) is 18.2. The van der Waals surface area contributed by atoms with Crippen LogP contribution in [-0.2, 0) is 17.6 Å². The molecule has 2 heterocycles. The van der Waals surface area contributed by atoms with Crippen LogP contribution < -0.4 is 4.74 Å². The average molecular weight is 378 g/mol. The van der Waals surface area contributed by atoms with Gasteiger partial charge in [0.15, 0.2) is 6.61 Å². The predicted octanol–water partition coefficient (Wildman–Crippen LogP) is 4.53. The maximum Gasteiger partial charge on any atom is 0.261 e. The number of aromatic nitrogens is 1. The molecule has 0 radical (unpaired) electrons. The summed E-state index contributed by atoms with van der Waals surface area (Å²) >= 11 is 1.70. The first-order chi connectivity index (χ1) is 13.3. The Labute approximate surface area is 162 Å². The van der Waals surface area contributed by atoms with Crippen LogP contribution in [0.5, 0.6) is 5.75 Å². The quantitative estimate of drug-likeness (QED) is 0.670. The number of fused-ring (bicyclic) bond motifs is 2. The van der Waals surface area contributed by atoms with Crippen LogP contribution >= 0.6 is 11.3 Å². The Kier molecular flexibility index (Phi) is 4.32. The summed E-state index contributed by atoms with van der Waals surface area (Å²) in [6.07, 6.45) is 5.49. The molecule has 5 rings (SSSR count). The molecule has 0 saturated carbocycles. The molecule has 138 valence electrons. The lowest BCUT2D eigenvalue weighted by Gasteiger charge is -2.23. The number of carbonyl (C=O) groups excluding carboxylic acids is 1. The first-order valence-corrected chi connectivity index (χ1v) is 10.5. The molecular weight excluding hydrogens is 356 g/mol. The first-order valence-electron chi connectivity index (χ1n) is 9.67. The fourth-order valence-electron chi connectivity index (χ4n) is 4.22. The summed E-state index contributed by atoms with van der Waals surface area (Å²) in [4.78, 5) is 19.5. The Morgan fingerprint density at radius 2 is 2.04 bits per heavy atom. The molecule has 1 fully saturated rings. The topological polar surface area (TPSA) is 42.4 Å². The van der Waals surface area contributed by atoms with Crippen molar-refractivity contribution in [3.05, 3.63) is 58.6 Å². The van der Waals surface area contributed by atoms with E-state index in [1.165, 1.54) is 22.2 Å². The van der Waals surface area contributed by atoms with Crippen molar-refractivity contribution in [1.29, 1.82) is 0 Å². The monoisotopic (exact) mass is 378 g/mol. The van der Waals surface area contributed by atoms with Crippen LogP contribution in [0.3, 0.4) is 0 Å². The highest BCUT2D eigenvalue weighted by atomic mass is 32.1. The molecule has 2 aromatic carbocycles. The van der Waals surface area contributed by atoms with Gasteiger partial charge in [0.05, 0.1) is 16.3 Å². The molecule has 5 heteroatoms. The normalized spacial score (nSPS) is 18.8. The second kappa shape index (κ2) is 6.97. The van der Waals surface area contributed by atoms with Gasteiger partial charge in [-0.25, -0.2) is 4.98 Å². The SMILES string of the molecule is O=C(COc1ccc2c(c1)CCC2)N1CCCC1c1nc2ccccc2s1. The van der Waals surface area contributed by atoms with Gasteiger partial charge < -0.3 is 9.64 Å². The number of likely N-dealkylation sites (tertiary alicyclic amines) is 1. The number of hydrogen-bond donors (Lipinski definition) is 0. The third-order valence-corrected chi connectivity index (χ3v) is 6.74. The van der Waals surface area contributed by atoms with E-state index in [2.05, 4.69) is 18.2 Å². The lowest BCUT2D eigenvalue weighted by molar-refractivity contribution is -0.134. The lowest BCUT2D eigenvalue weighted by atomic mass is 10.1. The number of para-hydroxylation sites is 1. The minimum Gasteiger partial charge on any atom is -0.484 e. The van der Waals surface area contributed by atoms with E-state index in [0.717, 1.165) is 48.5 Å². The van der Waals surface area contributed by atoms with Crippen LogP contribution in [0.25, 0.3) is 10.2 Å². The largest absolute Gasteiger partial charge is 0.484 e. The third kappa shape index (κ3) is 3.21. The number of hydrogen-bond acceptors (Lipinski definition) is 4. The van der Waals surface area contributed by atoms with E-state index in [0.29, 0.717) is 0 Å². The van der Waals surface area contributed by atoms with E-state index in [9.17, 15) is 4.79 Å². The third-order valence-electron chi connectivity index (χ3n) is 5.60. The van der Waals surface area contributed by atoms with Gasteiger partial charge in [0.1, 0.15) is 10.8 Å². The lowest BCUT2D eigenvalue weighted by Crippen LogP contribution is -2.34. The van der Waals surface area contributed by atoms with E-state index < -0.39 is 0 Å². The summed E-state index contributed by atoms with van der Waals surface area (Å²) in [5.41, 5.74) is 3.81. The molecule has 0 bridgehead atoms. The Morgan fingerprint density at radius 1 is 1.15 bits per heavy atom. The van der Waals surface area contributed by atoms with Gasteiger partial charge >= 0.3 is 0 Å². The van der Waals surface area contributed by atoms with Gasteiger partial charge in [-0.2, -0.15) is 0 Å². The van der Waals surface area contributed by atoms with Crippen LogP contribution in [0, 0.1) is 0 Å². The van der Waals surface area contributed by atoms with Crippen molar-refractivity contribution in [3.63, 3.8) is 0 Å². The van der Waals surface area contributed by atoms with E-state index in [-0.39, 0.29) is 18.6 Å². The predicted molar refractivity (Wildman–Crippen MR) is 107 cm³/mol. The maximum atomic E-state index is 12.8. The van der Waals surface area contributed by atoms with Crippen molar-refractivity contribution in [2.45, 2.75) is 38.1 Å². The Bertz CT molecular complexity index is 964. The van der Waals surface area contributed by atoms with Crippen LogP contribution in [0.15, 0.2) is 42.5 Å². The van der Waals surface area contributed by atoms with Crippen molar-refractivity contribution in [1.82, 2.24) is 9.88 Å². The first kappa shape index (κ1) is 16.8. The van der Waals surface area contributed by atoms with Gasteiger partial charge in [0.25, 0.3) is 5.91 Å². The molecule has 3 aromatic rings. The standard InChI is InChI=1S/C22H22N2O2S/c25-21(14-26-17-11-10-15-5-3-6-16(15)13-17)24-12-4-8-19(24)22-23-18-7-1-2-9-20(18)27-22/h1-2,7,9-11,13,19H,3-6,8,12,14H2. The molecule has 4 nitrogen and oxygen atoms in total. The highest BCUT2D eigenvalue weighted by Crippen LogP contribution is 2.36. The number of aryl methyl sites for hydroxylation is 2. The van der Waals surface area contributed by atoms with E-state index in [1.807, 2.05) is 29.2 Å². The Morgan fingerprint density at radius 3 is 2.96 bits per heavy atom. The smallest absolute Gasteiger partial charge is 0.261 e. The molecule has 1 aliphatic carbocycles. The number of thiazole rings is 1. The summed E-state index contributed by atoms with van der Waals surface area (Å²) in [6.45, 7) is 0.882. The zero-order valence-corrected chi connectivity index (χ0v) is 16.0. The van der Waals surface area contributed by atoms with Gasteiger partial charge in [0, 0.05) is 6.54 Å². The minimum absolute atomic E-state index is 0.0530. The summed E-state index contributed by atoms with van der Waals surface area (Å²) in [6, 6.07) is 14.5. The molecule has 1 aromatic heterocycles. The minimum atomic E-state index is 0.0530. The van der Waals surface area contributed by atoms with Crippen molar-refractivity contribution in [2.24, 2.45) is 0 Å². The molecule has 1 saturated heterocycles. The zero-order valence-electron chi connectivity index (χ0n) is 15.2. The average Bonchev–Trinajstić information content (AvgIpc) is 3.43. The molecule has 27 heavy (non-hydrogen) atoms. The van der Waals surface area contributed by atoms with Gasteiger partial charge in [-0.1, -0.05) is 18.2 Å². The maximum absolute atomic E-state index is 12.8. The van der Waals surface area contributed by atoms with Crippen LogP contribution in [0.1, 0.15) is 41.4 Å². The van der Waals surface area contributed by atoms with E-state index in [1.54, 1.807) is 11.3 Å². The summed E-state index contributed by atoms with van der Waals surface area (Å²) in [5, 5.41) is 1.04. The van der Waals surface area contributed by atoms with Gasteiger partial charge in [-0.05, 0) is 67.5 Å². The molecule has 0 spiro atoms. The van der Waals surface area contributed by atoms with Gasteiger partial charge in [-0.3, -0.25) is 4.79 Å². The van der Waals surface area contributed by atoms with Crippen LogP contribution in [0.2, 0.25) is 0 Å². The van der Waals surface area contributed by atoms with Crippen LogP contribution in [0.4, 0.5) is 0 Å². The van der Waals surface area contributed by atoms with E-state index >= 15 is 0 Å². The highest BCUT2D eigenvalue weighted by Gasteiger charge is 2.32. The molecule has 1 amide bonds. The number of carbonyl (C=O) groups is 1. The summed E-state index contributed by atoms with van der Waals surface area (Å²) in [5.74, 6) is 0.858. The van der Waals surface area contributed by atoms with Gasteiger partial charge in [0.2, 0.25) is 0 Å². The molecule has 2 aliphatic rings. The van der Waals surface area contributed by atoms with Crippen molar-refractivity contribution in [2.75, 3.05) is 13.2 Å². The second-order valence-corrected chi connectivity index (χ2v) is 8.40. The summed E-state index contributed by atoms with van der Waals surface area (Å²) in [7, 11) is 0. The second-order valence-electron chi connectivity index (χ2n) is 7.34. The van der Waals surface area contributed by atoms with Crippen molar-refractivity contribution < 1.29 is 9.53 Å². The molecule has 1 aliphatic heterocycles. The van der Waals surface area contributed by atoms with E-state index in [4.69, 9.17) is 9.72 Å². The molecule has 0 N–H and O–H groups in total. The number of rotatable bonds is 4. The van der Waals surface area contributed by atoms with Gasteiger partial charge in [-0.15, -0.1) is 11.3 Å². The van der Waals surface area contributed by atoms with Crippen LogP contribution in [-0.4, -0.2) is 28.9 Å². The number of ether oxygens (including phenoxy) is 1. The fourth-order valence-corrected chi connectivity index (χ4v) is 5.34. The molecular formula is C22H22N2O2S. The number of benzene rings is 2. The Hall–Kier alpha value is -2.40. The molecule has 1 atom stereocenters. The van der Waals surface area contributed by atoms with Crippen molar-refractivity contribution >= 4 is 27.5 Å². The number of amides is 1. The molecule has 1 unspecified atom stereocenters. The summed E-state index contributed by atoms with van der Waals surface area (Å²) < 4.78 is 7.02. The van der Waals surface area contributed by atoms with Crippen molar-refractivity contribution in [3.8, 4) is 5.75 Å². The number of nitrogens with zero attached hydrogens (tertiary/aromatic N) is 2. The Balaban J connectivity index is 1.29.